The summed E-state index contributed by atoms with van der Waals surface area (Å²) in [6.45, 7) is 0.269. The van der Waals surface area contributed by atoms with Crippen LogP contribution in [0.15, 0.2) is 5.16 Å². The van der Waals surface area contributed by atoms with E-state index >= 15 is 0 Å². The molecule has 2 fully saturated rings. The molecule has 3 atom stereocenters. The molecule has 1 aromatic heterocycles. The van der Waals surface area contributed by atoms with E-state index < -0.39 is 18.2 Å². The van der Waals surface area contributed by atoms with Crippen LogP contribution in [0.25, 0.3) is 0 Å². The van der Waals surface area contributed by atoms with E-state index in [-0.39, 0.29) is 40.9 Å². The summed E-state index contributed by atoms with van der Waals surface area (Å²) in [6.07, 6.45) is -3.00. The highest BCUT2D eigenvalue weighted by Gasteiger charge is 2.44. The van der Waals surface area contributed by atoms with Crippen LogP contribution in [0.4, 0.5) is 13.2 Å². The van der Waals surface area contributed by atoms with E-state index in [2.05, 4.69) is 9.97 Å². The molecule has 4 rings (SSSR count). The van der Waals surface area contributed by atoms with Crippen molar-refractivity contribution in [3.63, 3.8) is 0 Å². The Bertz CT molecular complexity index is 683. The molecular weight excluding hydrogens is 345 g/mol. The van der Waals surface area contributed by atoms with Gasteiger partial charge < -0.3 is 9.47 Å². The van der Waals surface area contributed by atoms with Gasteiger partial charge in [-0.25, -0.2) is 9.97 Å². The summed E-state index contributed by atoms with van der Waals surface area (Å²) in [6, 6.07) is 0. The molecule has 0 amide bonds. The lowest BCUT2D eigenvalue weighted by Gasteiger charge is -2.26. The van der Waals surface area contributed by atoms with Crippen LogP contribution in [-0.4, -0.2) is 40.0 Å². The van der Waals surface area contributed by atoms with Gasteiger partial charge in [0.05, 0.1) is 12.7 Å². The van der Waals surface area contributed by atoms with E-state index in [0.717, 1.165) is 24.6 Å². The summed E-state index contributed by atoms with van der Waals surface area (Å²) in [7, 11) is 0. The number of alkyl halides is 3. The van der Waals surface area contributed by atoms with E-state index in [0.29, 0.717) is 18.5 Å². The summed E-state index contributed by atoms with van der Waals surface area (Å²) < 4.78 is 50.7. The second-order valence-electron chi connectivity index (χ2n) is 6.15. The molecule has 3 aliphatic rings. The van der Waals surface area contributed by atoms with Crippen molar-refractivity contribution in [1.82, 2.24) is 9.97 Å². The molecule has 0 aromatic carbocycles. The van der Waals surface area contributed by atoms with Gasteiger partial charge in [-0.15, -0.1) is 0 Å². The van der Waals surface area contributed by atoms with Crippen molar-refractivity contribution in [3.05, 3.63) is 17.0 Å². The Kier molecular flexibility index (Phi) is 4.04. The predicted octanol–water partition coefficient (Wildman–Crippen LogP) is 2.55. The van der Waals surface area contributed by atoms with Crippen LogP contribution in [0, 0.1) is 0 Å². The number of aryl methyl sites for hydroxylation is 1. The van der Waals surface area contributed by atoms with E-state index in [1.807, 2.05) is 0 Å². The highest BCUT2D eigenvalue weighted by Crippen LogP contribution is 2.39. The molecule has 9 heteroatoms. The van der Waals surface area contributed by atoms with Crippen LogP contribution in [0.5, 0.6) is 0 Å². The van der Waals surface area contributed by atoms with Crippen molar-refractivity contribution in [2.24, 2.45) is 0 Å². The van der Waals surface area contributed by atoms with Crippen LogP contribution in [-0.2, 0) is 33.3 Å². The molecule has 5 nitrogen and oxygen atoms in total. The molecule has 0 unspecified atom stereocenters. The number of ether oxygens (including phenoxy) is 2. The first kappa shape index (κ1) is 16.3. The van der Waals surface area contributed by atoms with Crippen molar-refractivity contribution < 1.29 is 27.4 Å². The molecule has 2 bridgehead atoms. The van der Waals surface area contributed by atoms with Crippen molar-refractivity contribution in [1.29, 1.82) is 0 Å². The zero-order valence-corrected chi connectivity index (χ0v) is 13.5. The number of nitrogens with zero attached hydrogens (tertiary/aromatic N) is 2. The minimum atomic E-state index is -4.50. The first-order valence-corrected chi connectivity index (χ1v) is 8.73. The Balaban J connectivity index is 1.64. The number of hydrogen-bond donors (Lipinski definition) is 0. The van der Waals surface area contributed by atoms with Gasteiger partial charge in [-0.2, -0.15) is 13.2 Å². The molecule has 0 N–H and O–H groups in total. The van der Waals surface area contributed by atoms with Gasteiger partial charge >= 0.3 is 6.18 Å². The fourth-order valence-electron chi connectivity index (χ4n) is 3.32. The van der Waals surface area contributed by atoms with Gasteiger partial charge in [0.25, 0.3) is 0 Å². The van der Waals surface area contributed by atoms with Gasteiger partial charge in [0.1, 0.15) is 0 Å². The molecule has 2 saturated heterocycles. The highest BCUT2D eigenvalue weighted by atomic mass is 32.2. The summed E-state index contributed by atoms with van der Waals surface area (Å²) in [5.74, 6) is -0.185. The van der Waals surface area contributed by atoms with Gasteiger partial charge in [-0.05, 0) is 25.7 Å². The lowest BCUT2D eigenvalue weighted by molar-refractivity contribution is -0.151. The summed E-state index contributed by atoms with van der Waals surface area (Å²) in [4.78, 5) is 19.9. The minimum Gasteiger partial charge on any atom is -0.343 e. The molecule has 3 heterocycles. The monoisotopic (exact) mass is 360 g/mol. The number of Topliss-reactive ketones (excluding diaryl/α,β-unsaturated/α-hetero) is 1. The first-order chi connectivity index (χ1) is 11.4. The molecular formula is C15H15F3N2O3S. The highest BCUT2D eigenvalue weighted by molar-refractivity contribution is 7.99. The minimum absolute atomic E-state index is 0.0646. The van der Waals surface area contributed by atoms with Gasteiger partial charge in [0, 0.05) is 22.9 Å². The maximum Gasteiger partial charge on any atom is 0.433 e. The number of halogens is 3. The van der Waals surface area contributed by atoms with Crippen molar-refractivity contribution in [2.75, 3.05) is 6.61 Å². The number of carbonyl (C=O) groups excluding carboxylic acids is 1. The van der Waals surface area contributed by atoms with Gasteiger partial charge in [0.15, 0.2) is 16.6 Å². The summed E-state index contributed by atoms with van der Waals surface area (Å²) >= 11 is 1.08. The number of hydrogen-bond acceptors (Lipinski definition) is 6. The molecule has 1 aliphatic carbocycles. The number of ketones is 1. The maximum absolute atomic E-state index is 13.3. The zero-order chi connectivity index (χ0) is 16.9. The summed E-state index contributed by atoms with van der Waals surface area (Å²) in [5, 5.41) is -0.256. The largest absolute Gasteiger partial charge is 0.433 e. The number of fused-ring (bicyclic) bond motifs is 3. The third kappa shape index (κ3) is 2.93. The third-order valence-corrected chi connectivity index (χ3v) is 5.64. The van der Waals surface area contributed by atoms with E-state index in [1.165, 1.54) is 0 Å². The Morgan fingerprint density at radius 3 is 2.75 bits per heavy atom. The number of rotatable bonds is 2. The smallest absolute Gasteiger partial charge is 0.343 e. The topological polar surface area (TPSA) is 61.3 Å². The molecule has 0 spiro atoms. The number of carbonyl (C=O) groups is 1. The van der Waals surface area contributed by atoms with Crippen LogP contribution in [0.2, 0.25) is 0 Å². The van der Waals surface area contributed by atoms with Crippen LogP contribution >= 0.6 is 11.8 Å². The van der Waals surface area contributed by atoms with Gasteiger partial charge in [0.2, 0.25) is 6.29 Å². The molecule has 1 aromatic rings. The number of aromatic nitrogens is 2. The zero-order valence-electron chi connectivity index (χ0n) is 12.6. The Morgan fingerprint density at radius 2 is 1.96 bits per heavy atom. The standard InChI is InChI=1S/C15H15F3N2O3S/c16-15(17,18)12-7-3-1-2-4-8(7)19-14(20-12)24-11-5-9(21)13-22-6-10(11)23-13/h10-11,13H,1-6H2/t10-,11-,13+/m1/s1. The normalized spacial score (nSPS) is 29.6. The quantitative estimate of drug-likeness (QED) is 0.756. The molecule has 0 saturated carbocycles. The molecule has 0 radical (unpaired) electrons. The van der Waals surface area contributed by atoms with Gasteiger partial charge in [-0.3, -0.25) is 4.79 Å². The van der Waals surface area contributed by atoms with Crippen molar-refractivity contribution >= 4 is 17.5 Å². The average Bonchev–Trinajstić information content (AvgIpc) is 2.97. The molecule has 130 valence electrons. The number of thioether (sulfide) groups is 1. The molecule has 2 aliphatic heterocycles. The van der Waals surface area contributed by atoms with E-state index in [1.54, 1.807) is 0 Å². The molecule has 24 heavy (non-hydrogen) atoms. The lowest BCUT2D eigenvalue weighted by Crippen LogP contribution is -2.37. The Morgan fingerprint density at radius 1 is 1.17 bits per heavy atom. The second-order valence-corrected chi connectivity index (χ2v) is 7.36. The lowest BCUT2D eigenvalue weighted by atomic mass is 9.94. The Hall–Kier alpha value is -1.19. The second kappa shape index (κ2) is 5.96. The summed E-state index contributed by atoms with van der Waals surface area (Å²) in [5.41, 5.74) is -0.133. The van der Waals surface area contributed by atoms with Gasteiger partial charge in [-0.1, -0.05) is 11.8 Å². The van der Waals surface area contributed by atoms with Crippen LogP contribution in [0.1, 0.15) is 36.2 Å². The SMILES string of the molecule is O=C1C[C@@H](Sc2nc3c(c(C(F)(F)F)n2)CCCC3)[C@H]2CO[C@H]1O2. The average molecular weight is 360 g/mol. The van der Waals surface area contributed by atoms with Crippen LogP contribution < -0.4 is 0 Å². The van der Waals surface area contributed by atoms with E-state index in [4.69, 9.17) is 9.47 Å². The van der Waals surface area contributed by atoms with E-state index in [9.17, 15) is 18.0 Å². The first-order valence-electron chi connectivity index (χ1n) is 7.85. The fraction of sp³-hybridized carbons (Fsp3) is 0.667. The Labute approximate surface area is 140 Å². The van der Waals surface area contributed by atoms with Crippen molar-refractivity contribution in [3.8, 4) is 0 Å². The van der Waals surface area contributed by atoms with Crippen LogP contribution in [0.3, 0.4) is 0 Å². The third-order valence-electron chi connectivity index (χ3n) is 4.48. The maximum atomic E-state index is 13.3. The fourth-order valence-corrected chi connectivity index (χ4v) is 4.44. The predicted molar refractivity (Wildman–Crippen MR) is 77.6 cm³/mol. The van der Waals surface area contributed by atoms with Crippen molar-refractivity contribution in [2.45, 2.75) is 61.1 Å².